The van der Waals surface area contributed by atoms with E-state index in [1.54, 1.807) is 28.8 Å². The molecule has 1 aromatic heterocycles. The molecular weight excluding hydrogens is 515 g/mol. The summed E-state index contributed by atoms with van der Waals surface area (Å²) in [6.45, 7) is 8.31. The predicted molar refractivity (Wildman–Crippen MR) is 124 cm³/mol. The van der Waals surface area contributed by atoms with Crippen molar-refractivity contribution in [2.24, 2.45) is 10.7 Å². The van der Waals surface area contributed by atoms with Crippen molar-refractivity contribution >= 4 is 17.8 Å². The second-order valence-electron chi connectivity index (χ2n) is 8.47. The van der Waals surface area contributed by atoms with Crippen LogP contribution in [0.4, 0.5) is 5.69 Å². The van der Waals surface area contributed by atoms with E-state index < -0.39 is 0 Å². The van der Waals surface area contributed by atoms with Gasteiger partial charge in [-0.2, -0.15) is 0 Å². The monoisotopic (exact) mass is 539 g/mol. The van der Waals surface area contributed by atoms with E-state index in [1.807, 2.05) is 39.4 Å². The molecule has 0 saturated heterocycles. The second-order valence-corrected chi connectivity index (χ2v) is 10.4. The number of aromatic nitrogens is 1. The van der Waals surface area contributed by atoms with E-state index in [0.29, 0.717) is 23.6 Å². The number of rotatable bonds is 1. The van der Waals surface area contributed by atoms with E-state index in [0.717, 1.165) is 22.4 Å². The summed E-state index contributed by atoms with van der Waals surface area (Å²) < 4.78 is 5.54. The molecule has 1 amide bonds. The quantitative estimate of drug-likeness (QED) is 0.408. The molecule has 0 radical (unpaired) electrons. The number of anilines is 1. The molecule has 2 aromatic rings. The van der Waals surface area contributed by atoms with E-state index >= 15 is 0 Å². The Morgan fingerprint density at radius 1 is 1.22 bits per heavy atom. The summed E-state index contributed by atoms with van der Waals surface area (Å²) in [4.78, 5) is 31.5. The molecule has 0 fully saturated rings. The average molecular weight is 539 g/mol. The number of nitrogens with two attached hydrogens (primary N) is 1. The van der Waals surface area contributed by atoms with Gasteiger partial charge in [0.2, 0.25) is 0 Å². The van der Waals surface area contributed by atoms with Gasteiger partial charge in [-0.3, -0.25) is 4.79 Å². The Balaban J connectivity index is 1.77. The number of carbonyl (C=O) groups excluding carboxylic acids is 1. The Morgan fingerprint density at radius 3 is 2.75 bits per heavy atom. The van der Waals surface area contributed by atoms with Gasteiger partial charge in [0.1, 0.15) is 0 Å². The van der Waals surface area contributed by atoms with Crippen molar-refractivity contribution < 1.29 is 26.0 Å². The first-order chi connectivity index (χ1) is 15.2. The summed E-state index contributed by atoms with van der Waals surface area (Å²) >= 11 is -0.348. The van der Waals surface area contributed by atoms with Crippen LogP contribution in [0.2, 0.25) is 0 Å². The van der Waals surface area contributed by atoms with Crippen LogP contribution in [0.3, 0.4) is 0 Å². The molecule has 3 heterocycles. The Bertz CT molecular complexity index is 1340. The number of nitrogens with zero attached hydrogens (tertiary/aromatic N) is 3. The van der Waals surface area contributed by atoms with E-state index in [-0.39, 0.29) is 38.1 Å². The fraction of sp³-hybridized carbons (Fsp3) is 0.240. The maximum absolute atomic E-state index is 13.3. The van der Waals surface area contributed by atoms with Crippen LogP contribution in [-0.2, 0) is 10.2 Å². The van der Waals surface area contributed by atoms with Crippen molar-refractivity contribution in [2.45, 2.75) is 33.1 Å². The van der Waals surface area contributed by atoms with Crippen LogP contribution < -0.4 is 37.4 Å². The van der Waals surface area contributed by atoms with Gasteiger partial charge >= 0.3 is 173 Å². The molecule has 1 aromatic carbocycles. The Morgan fingerprint density at radius 2 is 2.00 bits per heavy atom. The van der Waals surface area contributed by atoms with Gasteiger partial charge in [-0.1, -0.05) is 13.8 Å². The van der Waals surface area contributed by atoms with Crippen molar-refractivity contribution in [1.29, 1.82) is 0 Å². The molecule has 164 valence electrons. The summed E-state index contributed by atoms with van der Waals surface area (Å²) in [6, 6.07) is 7.74. The standard InChI is InChI=1S/C25H24IN4O2/c1-16-9-10-29(24(32)20(16)7-5-18-12-26-13-23(27)28-14-18)19-6-8-21-22(11-19)30(17(2)31)15-25(21,3)4/h6,8-14H,15,27H2,1-4H3/q-1. The van der Waals surface area contributed by atoms with Crippen molar-refractivity contribution in [2.75, 3.05) is 11.4 Å². The number of carbonyl (C=O) groups is 1. The first kappa shape index (κ1) is 22.1. The number of amides is 1. The van der Waals surface area contributed by atoms with E-state index in [2.05, 4.69) is 30.7 Å². The van der Waals surface area contributed by atoms with Crippen LogP contribution in [0, 0.1) is 18.8 Å². The molecule has 2 aliphatic rings. The van der Waals surface area contributed by atoms with Gasteiger partial charge in [0, 0.05) is 6.92 Å². The molecule has 7 heteroatoms. The zero-order chi connectivity index (χ0) is 23.0. The number of allylic oxidation sites excluding steroid dienone is 1. The Kier molecular flexibility index (Phi) is 5.82. The van der Waals surface area contributed by atoms with Crippen LogP contribution in [0.5, 0.6) is 0 Å². The van der Waals surface area contributed by atoms with E-state index in [9.17, 15) is 9.59 Å². The van der Waals surface area contributed by atoms with Crippen LogP contribution in [-0.4, -0.2) is 23.2 Å². The summed E-state index contributed by atoms with van der Waals surface area (Å²) in [5, 5.41) is 0. The molecular formula is C25H24IN4O2-. The van der Waals surface area contributed by atoms with Crippen molar-refractivity contribution in [3.05, 3.63) is 77.1 Å². The van der Waals surface area contributed by atoms with Gasteiger partial charge in [-0.05, 0) is 0 Å². The molecule has 0 saturated carbocycles. The van der Waals surface area contributed by atoms with Crippen LogP contribution in [0.25, 0.3) is 5.69 Å². The third-order valence-electron chi connectivity index (χ3n) is 5.55. The molecule has 4 rings (SSSR count). The van der Waals surface area contributed by atoms with Crippen LogP contribution in [0.1, 0.15) is 37.5 Å². The first-order valence-electron chi connectivity index (χ1n) is 10.2. The minimum absolute atomic E-state index is 0.00642. The van der Waals surface area contributed by atoms with Crippen LogP contribution >= 0.6 is 0 Å². The zero-order valence-electron chi connectivity index (χ0n) is 18.4. The molecule has 6 nitrogen and oxygen atoms in total. The number of pyridine rings is 1. The molecule has 0 unspecified atom stereocenters. The normalized spacial score (nSPS) is 16.7. The third kappa shape index (κ3) is 4.15. The fourth-order valence-corrected chi connectivity index (χ4v) is 5.27. The molecule has 2 N–H and O–H groups in total. The van der Waals surface area contributed by atoms with Crippen molar-refractivity contribution in [3.63, 3.8) is 0 Å². The SMILES string of the molecule is CC(=O)N1CC(C)(C)c2ccc(-n3ccc(C)c(C#CC4=C[I-]C=C(N)N=C4)c3=O)cc21. The zero-order valence-corrected chi connectivity index (χ0v) is 20.6. The topological polar surface area (TPSA) is 80.7 Å². The number of halogens is 1. The number of hydrogen-bond acceptors (Lipinski definition) is 4. The first-order valence-corrected chi connectivity index (χ1v) is 12.7. The summed E-state index contributed by atoms with van der Waals surface area (Å²) in [5.41, 5.74) is 10.1. The number of fused-ring (bicyclic) bond motifs is 1. The molecule has 0 spiro atoms. The third-order valence-corrected chi connectivity index (χ3v) is 7.58. The van der Waals surface area contributed by atoms with E-state index in [4.69, 9.17) is 5.73 Å². The molecule has 0 aliphatic carbocycles. The average Bonchev–Trinajstić information content (AvgIpc) is 2.86. The fourth-order valence-electron chi connectivity index (χ4n) is 3.85. The number of hydrogen-bond donors (Lipinski definition) is 1. The van der Waals surface area contributed by atoms with Crippen LogP contribution in [0.15, 0.2) is 59.8 Å². The minimum atomic E-state index is -0.348. The van der Waals surface area contributed by atoms with Gasteiger partial charge in [-0.25, -0.2) is 0 Å². The van der Waals surface area contributed by atoms with E-state index in [1.165, 1.54) is 0 Å². The second kappa shape index (κ2) is 8.43. The van der Waals surface area contributed by atoms with Gasteiger partial charge in [-0.15, -0.1) is 0 Å². The maximum atomic E-state index is 13.3. The van der Waals surface area contributed by atoms with Gasteiger partial charge < -0.3 is 0 Å². The van der Waals surface area contributed by atoms with Gasteiger partial charge in [0.05, 0.1) is 0 Å². The molecule has 0 bridgehead atoms. The summed E-state index contributed by atoms with van der Waals surface area (Å²) in [7, 11) is 0. The Labute approximate surface area is 197 Å². The Hall–Kier alpha value is -3.12. The summed E-state index contributed by atoms with van der Waals surface area (Å²) in [5.74, 6) is 6.61. The van der Waals surface area contributed by atoms with Gasteiger partial charge in [0.25, 0.3) is 0 Å². The number of aryl methyl sites for hydroxylation is 1. The predicted octanol–water partition coefficient (Wildman–Crippen LogP) is -0.0436. The molecule has 0 atom stereocenters. The molecule has 32 heavy (non-hydrogen) atoms. The number of benzene rings is 1. The van der Waals surface area contributed by atoms with Crippen molar-refractivity contribution in [1.82, 2.24) is 4.57 Å². The molecule has 2 aliphatic heterocycles. The van der Waals surface area contributed by atoms with Crippen molar-refractivity contribution in [3.8, 4) is 17.5 Å². The summed E-state index contributed by atoms with van der Waals surface area (Å²) in [6.07, 6.45) is 3.40. The van der Waals surface area contributed by atoms with Gasteiger partial charge in [0.15, 0.2) is 0 Å². The number of aliphatic imine (C=N–C) groups is 1.